The molecule has 0 unspecified atom stereocenters. The second-order valence-corrected chi connectivity index (χ2v) is 12.2. The predicted molar refractivity (Wildman–Crippen MR) is 161 cm³/mol. The Morgan fingerprint density at radius 2 is 1.51 bits per heavy atom. The molecule has 0 heterocycles. The largest absolute Gasteiger partial charge is 0.467 e. The Balaban J connectivity index is 1.27. The minimum Gasteiger partial charge on any atom is -0.467 e. The molecular weight excluding hydrogens is 550 g/mol. The van der Waals surface area contributed by atoms with Gasteiger partial charge in [-0.2, -0.15) is 0 Å². The summed E-state index contributed by atoms with van der Waals surface area (Å²) in [5, 5.41) is 8.29. The summed E-state index contributed by atoms with van der Waals surface area (Å²) in [6, 6.07) is 15.4. The van der Waals surface area contributed by atoms with Crippen LogP contribution in [0.1, 0.15) is 82.8 Å². The van der Waals surface area contributed by atoms with Crippen LogP contribution in [0.2, 0.25) is 0 Å². The molecule has 232 valence electrons. The highest BCUT2D eigenvalue weighted by atomic mass is 16.6. The first kappa shape index (κ1) is 31.8. The van der Waals surface area contributed by atoms with Gasteiger partial charge in [0.05, 0.1) is 7.11 Å². The monoisotopic (exact) mass is 593 g/mol. The van der Waals surface area contributed by atoms with E-state index in [1.807, 2.05) is 24.3 Å². The highest BCUT2D eigenvalue weighted by Crippen LogP contribution is 2.44. The van der Waals surface area contributed by atoms with Gasteiger partial charge in [-0.3, -0.25) is 4.79 Å². The molecule has 43 heavy (non-hydrogen) atoms. The van der Waals surface area contributed by atoms with Gasteiger partial charge < -0.3 is 30.2 Å². The molecule has 0 aliphatic heterocycles. The highest BCUT2D eigenvalue weighted by Gasteiger charge is 2.44. The van der Waals surface area contributed by atoms with Crippen molar-refractivity contribution in [2.24, 2.45) is 0 Å². The third kappa shape index (κ3) is 8.06. The maximum Gasteiger partial charge on any atom is 0.408 e. The van der Waals surface area contributed by atoms with Crippen LogP contribution in [0.25, 0.3) is 11.1 Å². The zero-order valence-electron chi connectivity index (χ0n) is 25.5. The molecule has 1 atom stereocenters. The van der Waals surface area contributed by atoms with Crippen molar-refractivity contribution in [1.82, 2.24) is 16.0 Å². The van der Waals surface area contributed by atoms with E-state index in [9.17, 15) is 19.2 Å². The fourth-order valence-electron chi connectivity index (χ4n) is 5.91. The van der Waals surface area contributed by atoms with Crippen LogP contribution in [-0.4, -0.2) is 61.5 Å². The van der Waals surface area contributed by atoms with Crippen molar-refractivity contribution < 1.29 is 33.4 Å². The zero-order valence-corrected chi connectivity index (χ0v) is 25.5. The van der Waals surface area contributed by atoms with Crippen LogP contribution in [0, 0.1) is 0 Å². The van der Waals surface area contributed by atoms with E-state index < -0.39 is 41.2 Å². The number of carbonyl (C=O) groups is 4. The number of nitrogens with one attached hydrogen (secondary N) is 3. The molecule has 2 aromatic rings. The molecule has 1 fully saturated rings. The summed E-state index contributed by atoms with van der Waals surface area (Å²) in [4.78, 5) is 50.9. The number of unbranched alkanes of at least 4 members (excludes halogenated alkanes) is 1. The molecule has 0 radical (unpaired) electrons. The first-order chi connectivity index (χ1) is 20.5. The molecule has 2 aromatic carbocycles. The number of rotatable bonds is 11. The van der Waals surface area contributed by atoms with Crippen LogP contribution in [-0.2, 0) is 23.8 Å². The van der Waals surface area contributed by atoms with E-state index >= 15 is 0 Å². The van der Waals surface area contributed by atoms with E-state index in [0.29, 0.717) is 32.2 Å². The van der Waals surface area contributed by atoms with Crippen molar-refractivity contribution >= 4 is 24.1 Å². The van der Waals surface area contributed by atoms with Gasteiger partial charge in [-0.05, 0) is 75.1 Å². The number of methoxy groups -OCH3 is 1. The number of esters is 1. The topological polar surface area (TPSA) is 132 Å². The Bertz CT molecular complexity index is 1270. The molecule has 1 saturated carbocycles. The Morgan fingerprint density at radius 1 is 0.907 bits per heavy atom. The van der Waals surface area contributed by atoms with Gasteiger partial charge in [-0.15, -0.1) is 0 Å². The highest BCUT2D eigenvalue weighted by molar-refractivity contribution is 5.92. The molecule has 10 nitrogen and oxygen atoms in total. The van der Waals surface area contributed by atoms with E-state index in [-0.39, 0.29) is 18.9 Å². The molecule has 10 heteroatoms. The van der Waals surface area contributed by atoms with Crippen molar-refractivity contribution in [2.45, 2.75) is 88.8 Å². The maximum absolute atomic E-state index is 13.3. The second kappa shape index (κ2) is 13.9. The maximum atomic E-state index is 13.3. The second-order valence-electron chi connectivity index (χ2n) is 12.2. The molecule has 0 saturated heterocycles. The summed E-state index contributed by atoms with van der Waals surface area (Å²) < 4.78 is 15.9. The van der Waals surface area contributed by atoms with E-state index in [1.54, 1.807) is 20.8 Å². The van der Waals surface area contributed by atoms with Crippen molar-refractivity contribution in [1.29, 1.82) is 0 Å². The fourth-order valence-corrected chi connectivity index (χ4v) is 5.91. The van der Waals surface area contributed by atoms with Gasteiger partial charge in [0.25, 0.3) is 0 Å². The fraction of sp³-hybridized carbons (Fsp3) is 0.515. The lowest BCUT2D eigenvalue weighted by atomic mass is 9.96. The number of hydrogen-bond donors (Lipinski definition) is 3. The average Bonchev–Trinajstić information content (AvgIpc) is 3.57. The van der Waals surface area contributed by atoms with Crippen molar-refractivity contribution in [2.75, 3.05) is 20.3 Å². The van der Waals surface area contributed by atoms with E-state index in [1.165, 1.54) is 7.11 Å². The van der Waals surface area contributed by atoms with E-state index in [4.69, 9.17) is 14.2 Å². The van der Waals surface area contributed by atoms with E-state index in [0.717, 1.165) is 35.1 Å². The Hall–Kier alpha value is -4.08. The Labute approximate surface area is 253 Å². The van der Waals surface area contributed by atoms with Crippen LogP contribution in [0.5, 0.6) is 0 Å². The zero-order chi connectivity index (χ0) is 31.0. The molecule has 3 amide bonds. The van der Waals surface area contributed by atoms with Gasteiger partial charge in [-0.25, -0.2) is 14.4 Å². The lowest BCUT2D eigenvalue weighted by Gasteiger charge is -2.30. The molecule has 0 bridgehead atoms. The number of hydrogen-bond acceptors (Lipinski definition) is 7. The molecule has 0 aromatic heterocycles. The van der Waals surface area contributed by atoms with Gasteiger partial charge in [0.2, 0.25) is 5.91 Å². The average molecular weight is 594 g/mol. The van der Waals surface area contributed by atoms with Gasteiger partial charge in [0.15, 0.2) is 0 Å². The van der Waals surface area contributed by atoms with Crippen LogP contribution in [0.3, 0.4) is 0 Å². The van der Waals surface area contributed by atoms with Gasteiger partial charge in [-0.1, -0.05) is 61.4 Å². The summed E-state index contributed by atoms with van der Waals surface area (Å²) in [6.07, 6.45) is 2.67. The standard InChI is InChI=1S/C33H43N3O7/c1-32(2,3)43-31(40)35-27(28(37)36-33(29(38)41-4)18-10-11-19-33)17-9-12-20-34-30(39)42-21-26-24-15-7-5-13-22(24)23-14-6-8-16-25(23)26/h5-8,13-16,26-27H,9-12,17-21H2,1-4H3,(H,34,39)(H,35,40)(H,36,37)/t27-/m0/s1. The summed E-state index contributed by atoms with van der Waals surface area (Å²) >= 11 is 0. The Kier molecular flexibility index (Phi) is 10.3. The van der Waals surface area contributed by atoms with Gasteiger partial charge in [0.1, 0.15) is 23.8 Å². The molecule has 3 N–H and O–H groups in total. The smallest absolute Gasteiger partial charge is 0.408 e. The first-order valence-electron chi connectivity index (χ1n) is 15.0. The molecule has 2 aliphatic carbocycles. The molecule has 2 aliphatic rings. The van der Waals surface area contributed by atoms with Crippen molar-refractivity contribution in [3.05, 3.63) is 59.7 Å². The van der Waals surface area contributed by atoms with Crippen LogP contribution in [0.4, 0.5) is 9.59 Å². The molecule has 0 spiro atoms. The number of benzene rings is 2. The number of fused-ring (bicyclic) bond motifs is 3. The summed E-state index contributed by atoms with van der Waals surface area (Å²) in [6.45, 7) is 5.78. The minimum atomic E-state index is -1.09. The van der Waals surface area contributed by atoms with Gasteiger partial charge in [0, 0.05) is 12.5 Å². The van der Waals surface area contributed by atoms with Crippen molar-refractivity contribution in [3.8, 4) is 11.1 Å². The van der Waals surface area contributed by atoms with E-state index in [2.05, 4.69) is 40.2 Å². The first-order valence-corrected chi connectivity index (χ1v) is 15.0. The summed E-state index contributed by atoms with van der Waals surface area (Å²) in [7, 11) is 1.30. The Morgan fingerprint density at radius 3 is 2.09 bits per heavy atom. The van der Waals surface area contributed by atoms with Gasteiger partial charge >= 0.3 is 18.2 Å². The molecular formula is C33H43N3O7. The summed E-state index contributed by atoms with van der Waals surface area (Å²) in [5.41, 5.74) is 2.78. The third-order valence-corrected chi connectivity index (χ3v) is 7.94. The number of carbonyl (C=O) groups excluding carboxylic acids is 4. The lowest BCUT2D eigenvalue weighted by Crippen LogP contribution is -2.58. The lowest BCUT2D eigenvalue weighted by molar-refractivity contribution is -0.151. The summed E-state index contributed by atoms with van der Waals surface area (Å²) in [5.74, 6) is -0.978. The van der Waals surface area contributed by atoms with Crippen LogP contribution < -0.4 is 16.0 Å². The quantitative estimate of drug-likeness (QED) is 0.186. The van der Waals surface area contributed by atoms with Crippen LogP contribution >= 0.6 is 0 Å². The normalized spacial score (nSPS) is 15.9. The molecule has 4 rings (SSSR count). The van der Waals surface area contributed by atoms with Crippen molar-refractivity contribution in [3.63, 3.8) is 0 Å². The minimum absolute atomic E-state index is 0.0236. The third-order valence-electron chi connectivity index (χ3n) is 7.94. The number of ether oxygens (including phenoxy) is 3. The number of amides is 3. The van der Waals surface area contributed by atoms with Crippen LogP contribution in [0.15, 0.2) is 48.5 Å². The number of alkyl carbamates (subject to hydrolysis) is 2. The predicted octanol–water partition coefficient (Wildman–Crippen LogP) is 5.19. The SMILES string of the molecule is COC(=O)C1(NC(=O)[C@H](CCCCNC(=O)OCC2c3ccccc3-c3ccccc32)NC(=O)OC(C)(C)C)CCCC1.